The molecular weight excluding hydrogens is 313 g/mol. The molecule has 0 N–H and O–H groups in total. The van der Waals surface area contributed by atoms with Gasteiger partial charge in [-0.25, -0.2) is 4.98 Å². The highest BCUT2D eigenvalue weighted by Gasteiger charge is 2.34. The molecular formula is C12H16IN3. The van der Waals surface area contributed by atoms with Crippen molar-refractivity contribution in [1.82, 2.24) is 14.5 Å². The summed E-state index contributed by atoms with van der Waals surface area (Å²) < 4.78 is 3.35. The van der Waals surface area contributed by atoms with Crippen molar-refractivity contribution in [2.75, 3.05) is 7.05 Å². The Labute approximate surface area is 110 Å². The fourth-order valence-electron chi connectivity index (χ4n) is 2.93. The lowest BCUT2D eigenvalue weighted by Crippen LogP contribution is -2.35. The Hall–Kier alpha value is -0.360. The van der Waals surface area contributed by atoms with Crippen molar-refractivity contribution < 1.29 is 0 Å². The average molecular weight is 329 g/mol. The first-order chi connectivity index (χ1) is 7.65. The Kier molecular flexibility index (Phi) is 2.58. The smallest absolute Gasteiger partial charge is 0.120 e. The number of halogens is 1. The van der Waals surface area contributed by atoms with Gasteiger partial charge in [-0.2, -0.15) is 0 Å². The topological polar surface area (TPSA) is 21.1 Å². The van der Waals surface area contributed by atoms with Crippen LogP contribution in [0.1, 0.15) is 25.1 Å². The van der Waals surface area contributed by atoms with Crippen molar-refractivity contribution in [1.29, 1.82) is 0 Å². The number of likely N-dealkylation sites (N-methyl/N-ethyl adjacent to an activating group) is 1. The summed E-state index contributed by atoms with van der Waals surface area (Å²) in [6.45, 7) is 2.09. The van der Waals surface area contributed by atoms with Crippen LogP contribution in [0.5, 0.6) is 0 Å². The lowest BCUT2D eigenvalue weighted by molar-refractivity contribution is 0.261. The van der Waals surface area contributed by atoms with Gasteiger partial charge in [-0.05, 0) is 55.5 Å². The van der Waals surface area contributed by atoms with Crippen LogP contribution in [0.15, 0.2) is 12.3 Å². The van der Waals surface area contributed by atoms with Gasteiger partial charge < -0.3 is 4.57 Å². The molecule has 2 aliphatic rings. The van der Waals surface area contributed by atoms with Gasteiger partial charge in [-0.15, -0.1) is 0 Å². The lowest BCUT2D eigenvalue weighted by atomic mass is 10.1. The predicted molar refractivity (Wildman–Crippen MR) is 73.1 cm³/mol. The molecule has 0 aliphatic carbocycles. The van der Waals surface area contributed by atoms with Gasteiger partial charge in [0.1, 0.15) is 9.53 Å². The zero-order valence-corrected chi connectivity index (χ0v) is 11.8. The van der Waals surface area contributed by atoms with Crippen molar-refractivity contribution >= 4 is 28.3 Å². The minimum absolute atomic E-state index is 0.646. The third kappa shape index (κ3) is 1.62. The van der Waals surface area contributed by atoms with E-state index in [9.17, 15) is 0 Å². The number of aromatic nitrogens is 2. The summed E-state index contributed by atoms with van der Waals surface area (Å²) in [4.78, 5) is 6.99. The lowest BCUT2D eigenvalue weighted by Gasteiger charge is -2.30. The molecule has 0 amide bonds. The summed E-state index contributed by atoms with van der Waals surface area (Å²) in [6.07, 6.45) is 8.39. The predicted octanol–water partition coefficient (Wildman–Crippen LogP) is 2.50. The van der Waals surface area contributed by atoms with E-state index >= 15 is 0 Å². The van der Waals surface area contributed by atoms with E-state index < -0.39 is 0 Å². The van der Waals surface area contributed by atoms with Gasteiger partial charge in [0.15, 0.2) is 0 Å². The quantitative estimate of drug-likeness (QED) is 0.738. The highest BCUT2D eigenvalue weighted by Crippen LogP contribution is 2.35. The number of nitrogens with zero attached hydrogens (tertiary/aromatic N) is 3. The molecule has 0 spiro atoms. The van der Waals surface area contributed by atoms with E-state index in [4.69, 9.17) is 0 Å². The molecule has 0 saturated carbocycles. The maximum atomic E-state index is 4.47. The normalized spacial score (nSPS) is 29.6. The number of fused-ring (bicyclic) bond motifs is 2. The molecule has 86 valence electrons. The first-order valence-corrected chi connectivity index (χ1v) is 6.87. The number of imidazole rings is 1. The van der Waals surface area contributed by atoms with Crippen LogP contribution >= 0.6 is 22.6 Å². The third-order valence-electron chi connectivity index (χ3n) is 3.89. The number of hydrogen-bond donors (Lipinski definition) is 0. The minimum atomic E-state index is 0.646. The fourth-order valence-corrected chi connectivity index (χ4v) is 3.55. The van der Waals surface area contributed by atoms with Crippen LogP contribution in [-0.4, -0.2) is 33.6 Å². The van der Waals surface area contributed by atoms with Gasteiger partial charge in [-0.3, -0.25) is 4.90 Å². The molecule has 2 atom stereocenters. The van der Waals surface area contributed by atoms with Crippen molar-refractivity contribution in [3.8, 4) is 0 Å². The Bertz CT molecular complexity index is 449. The largest absolute Gasteiger partial charge is 0.307 e. The third-order valence-corrected chi connectivity index (χ3v) is 4.41. The van der Waals surface area contributed by atoms with E-state index in [1.54, 1.807) is 0 Å². The molecule has 3 rings (SSSR count). The zero-order chi connectivity index (χ0) is 11.3. The fraction of sp³-hybridized carbons (Fsp3) is 0.583. The van der Waals surface area contributed by atoms with Gasteiger partial charge in [0.2, 0.25) is 0 Å². The highest BCUT2D eigenvalue weighted by atomic mass is 127. The maximum Gasteiger partial charge on any atom is 0.120 e. The van der Waals surface area contributed by atoms with E-state index in [-0.39, 0.29) is 0 Å². The first kappa shape index (κ1) is 10.8. The van der Waals surface area contributed by atoms with E-state index in [0.717, 1.165) is 15.6 Å². The van der Waals surface area contributed by atoms with Crippen LogP contribution in [0.2, 0.25) is 0 Å². The van der Waals surface area contributed by atoms with E-state index in [1.807, 2.05) is 0 Å². The number of hydrogen-bond acceptors (Lipinski definition) is 2. The zero-order valence-electron chi connectivity index (χ0n) is 9.65. The molecule has 3 heterocycles. The minimum Gasteiger partial charge on any atom is -0.307 e. The van der Waals surface area contributed by atoms with Crippen LogP contribution in [0.4, 0.5) is 0 Å². The van der Waals surface area contributed by atoms with Crippen LogP contribution in [0.3, 0.4) is 0 Å². The molecule has 1 aromatic rings. The molecule has 4 heteroatoms. The Morgan fingerprint density at radius 3 is 2.88 bits per heavy atom. The van der Waals surface area contributed by atoms with Crippen molar-refractivity contribution in [3.05, 3.63) is 21.8 Å². The van der Waals surface area contributed by atoms with Crippen LogP contribution in [-0.2, 0) is 0 Å². The van der Waals surface area contributed by atoms with Gasteiger partial charge in [0.05, 0.1) is 0 Å². The summed E-state index contributed by atoms with van der Waals surface area (Å²) in [5, 5.41) is 0. The van der Waals surface area contributed by atoms with Gasteiger partial charge in [0.25, 0.3) is 0 Å². The molecule has 0 radical (unpaired) electrons. The van der Waals surface area contributed by atoms with Gasteiger partial charge in [0, 0.05) is 30.4 Å². The van der Waals surface area contributed by atoms with E-state index in [1.165, 1.54) is 25.0 Å². The maximum absolute atomic E-state index is 4.47. The summed E-state index contributed by atoms with van der Waals surface area (Å²) in [7, 11) is 2.25. The first-order valence-electron chi connectivity index (χ1n) is 5.79. The second kappa shape index (κ2) is 3.84. The Morgan fingerprint density at radius 2 is 2.25 bits per heavy atom. The molecule has 1 saturated heterocycles. The van der Waals surface area contributed by atoms with Crippen LogP contribution < -0.4 is 0 Å². The van der Waals surface area contributed by atoms with E-state index in [0.29, 0.717) is 6.04 Å². The van der Waals surface area contributed by atoms with Crippen LogP contribution in [0.25, 0.3) is 5.70 Å². The van der Waals surface area contributed by atoms with Crippen molar-refractivity contribution in [2.24, 2.45) is 0 Å². The average Bonchev–Trinajstić information content (AvgIpc) is 2.65. The second-order valence-corrected chi connectivity index (χ2v) is 5.91. The molecule has 0 aromatic carbocycles. The van der Waals surface area contributed by atoms with Gasteiger partial charge >= 0.3 is 0 Å². The standard InChI is InChI=1S/C12H16IN3/c1-8-14-12(13)7-16(8)11-5-9-3-4-10(6-11)15(9)2/h5,7,9-10H,3-4,6H2,1-2H3. The van der Waals surface area contributed by atoms with Crippen LogP contribution in [0, 0.1) is 10.6 Å². The SMILES string of the molecule is Cc1nc(I)cn1C1=CC2CCC(C1)N2C. The summed E-state index contributed by atoms with van der Waals surface area (Å²) >= 11 is 2.28. The molecule has 3 nitrogen and oxygen atoms in total. The van der Waals surface area contributed by atoms with Crippen molar-refractivity contribution in [2.45, 2.75) is 38.3 Å². The molecule has 16 heavy (non-hydrogen) atoms. The highest BCUT2D eigenvalue weighted by molar-refractivity contribution is 14.1. The van der Waals surface area contributed by atoms with Gasteiger partial charge in [-0.1, -0.05) is 0 Å². The molecule has 2 bridgehead atoms. The summed E-state index contributed by atoms with van der Waals surface area (Å²) in [6, 6.07) is 1.39. The Morgan fingerprint density at radius 1 is 1.44 bits per heavy atom. The van der Waals surface area contributed by atoms with Crippen molar-refractivity contribution in [3.63, 3.8) is 0 Å². The summed E-state index contributed by atoms with van der Waals surface area (Å²) in [5.74, 6) is 1.11. The number of aryl methyl sites for hydroxylation is 1. The Balaban J connectivity index is 1.97. The molecule has 2 unspecified atom stereocenters. The monoisotopic (exact) mass is 329 g/mol. The number of rotatable bonds is 1. The summed E-state index contributed by atoms with van der Waals surface area (Å²) in [5.41, 5.74) is 1.44. The molecule has 2 aliphatic heterocycles. The van der Waals surface area contributed by atoms with E-state index in [2.05, 4.69) is 63.3 Å². The second-order valence-electron chi connectivity index (χ2n) is 4.81. The molecule has 1 aromatic heterocycles. The molecule has 1 fully saturated rings.